The van der Waals surface area contributed by atoms with Crippen molar-refractivity contribution in [1.29, 1.82) is 0 Å². The lowest BCUT2D eigenvalue weighted by atomic mass is 10.1. The first-order valence-corrected chi connectivity index (χ1v) is 4.83. The van der Waals surface area contributed by atoms with Gasteiger partial charge in [0.25, 0.3) is 0 Å². The van der Waals surface area contributed by atoms with Crippen LogP contribution in [0.3, 0.4) is 0 Å². The Kier molecular flexibility index (Phi) is 2.51. The van der Waals surface area contributed by atoms with Crippen LogP contribution in [-0.2, 0) is 7.05 Å². The molecule has 2 N–H and O–H groups in total. The summed E-state index contributed by atoms with van der Waals surface area (Å²) in [4.78, 5) is 8.36. The molecule has 0 amide bonds. The maximum Gasteiger partial charge on any atom is 0.130 e. The van der Waals surface area contributed by atoms with Gasteiger partial charge in [-0.15, -0.1) is 0 Å². The number of aromatic nitrogens is 3. The Morgan fingerprint density at radius 3 is 2.80 bits per heavy atom. The molecule has 0 bridgehead atoms. The number of nitrogens with zero attached hydrogens (tertiary/aromatic N) is 3. The van der Waals surface area contributed by atoms with E-state index < -0.39 is 0 Å². The third-order valence-electron chi connectivity index (χ3n) is 2.39. The third-order valence-corrected chi connectivity index (χ3v) is 2.39. The zero-order valence-corrected chi connectivity index (χ0v) is 8.88. The van der Waals surface area contributed by atoms with Gasteiger partial charge in [-0.2, -0.15) is 0 Å². The van der Waals surface area contributed by atoms with Crippen molar-refractivity contribution < 1.29 is 0 Å². The van der Waals surface area contributed by atoms with E-state index in [0.717, 1.165) is 17.0 Å². The number of pyridine rings is 1. The summed E-state index contributed by atoms with van der Waals surface area (Å²) in [7, 11) is 1.94. The average molecular weight is 202 g/mol. The predicted molar refractivity (Wildman–Crippen MR) is 58.2 cm³/mol. The summed E-state index contributed by atoms with van der Waals surface area (Å²) in [5, 5.41) is 0. The highest BCUT2D eigenvalue weighted by molar-refractivity contribution is 5.25. The fourth-order valence-corrected chi connectivity index (χ4v) is 1.57. The maximum absolute atomic E-state index is 6.11. The molecule has 0 spiro atoms. The minimum absolute atomic E-state index is 0.211. The second-order valence-electron chi connectivity index (χ2n) is 3.67. The Labute approximate surface area is 88.8 Å². The van der Waals surface area contributed by atoms with Gasteiger partial charge in [0.05, 0.1) is 6.04 Å². The molecule has 0 aliphatic rings. The van der Waals surface area contributed by atoms with Gasteiger partial charge in [0.1, 0.15) is 5.82 Å². The number of imidazole rings is 1. The minimum Gasteiger partial charge on any atom is -0.336 e. The van der Waals surface area contributed by atoms with Crippen LogP contribution in [0.2, 0.25) is 0 Å². The Balaban J connectivity index is 2.36. The summed E-state index contributed by atoms with van der Waals surface area (Å²) in [6, 6.07) is 1.82. The quantitative estimate of drug-likeness (QED) is 0.795. The highest BCUT2D eigenvalue weighted by Crippen LogP contribution is 2.17. The number of rotatable bonds is 2. The molecule has 1 atom stereocenters. The first kappa shape index (κ1) is 9.86. The molecule has 4 nitrogen and oxygen atoms in total. The third kappa shape index (κ3) is 1.89. The van der Waals surface area contributed by atoms with Gasteiger partial charge < -0.3 is 10.3 Å². The van der Waals surface area contributed by atoms with Crippen LogP contribution in [0.1, 0.15) is 23.0 Å². The second kappa shape index (κ2) is 3.82. The van der Waals surface area contributed by atoms with Gasteiger partial charge in [0.15, 0.2) is 0 Å². The van der Waals surface area contributed by atoms with Gasteiger partial charge >= 0.3 is 0 Å². The molecule has 2 aromatic heterocycles. The SMILES string of the molecule is Cc1cncc(C(N)c2nccn2C)c1. The fourth-order valence-electron chi connectivity index (χ4n) is 1.57. The summed E-state index contributed by atoms with van der Waals surface area (Å²) in [6.45, 7) is 2.00. The van der Waals surface area contributed by atoms with Crippen LogP contribution in [-0.4, -0.2) is 14.5 Å². The molecule has 0 radical (unpaired) electrons. The Morgan fingerprint density at radius 1 is 1.40 bits per heavy atom. The number of aryl methyl sites for hydroxylation is 2. The van der Waals surface area contributed by atoms with Crippen LogP contribution >= 0.6 is 0 Å². The molecule has 2 rings (SSSR count). The first-order valence-electron chi connectivity index (χ1n) is 4.83. The molecular formula is C11H14N4. The molecule has 15 heavy (non-hydrogen) atoms. The fraction of sp³-hybridized carbons (Fsp3) is 0.273. The summed E-state index contributed by atoms with van der Waals surface area (Å²) < 4.78 is 1.92. The Bertz CT molecular complexity index is 461. The summed E-state index contributed by atoms with van der Waals surface area (Å²) >= 11 is 0. The van der Waals surface area contributed by atoms with Gasteiger partial charge in [0.2, 0.25) is 0 Å². The first-order chi connectivity index (χ1) is 7.18. The van der Waals surface area contributed by atoms with Gasteiger partial charge in [-0.3, -0.25) is 4.98 Å². The van der Waals surface area contributed by atoms with Crippen molar-refractivity contribution in [2.75, 3.05) is 0 Å². The van der Waals surface area contributed by atoms with E-state index in [0.29, 0.717) is 0 Å². The van der Waals surface area contributed by atoms with Gasteiger partial charge in [-0.05, 0) is 18.1 Å². The lowest BCUT2D eigenvalue weighted by Crippen LogP contribution is -2.16. The zero-order valence-electron chi connectivity index (χ0n) is 8.88. The number of hydrogen-bond donors (Lipinski definition) is 1. The van der Waals surface area contributed by atoms with E-state index in [1.165, 1.54) is 0 Å². The molecule has 1 unspecified atom stereocenters. The minimum atomic E-state index is -0.211. The van der Waals surface area contributed by atoms with Gasteiger partial charge in [0, 0.05) is 31.8 Å². The van der Waals surface area contributed by atoms with Crippen molar-refractivity contribution in [2.24, 2.45) is 12.8 Å². The summed E-state index contributed by atoms with van der Waals surface area (Å²) in [5.41, 5.74) is 8.21. The van der Waals surface area contributed by atoms with Crippen LogP contribution in [0.25, 0.3) is 0 Å². The van der Waals surface area contributed by atoms with Crippen LogP contribution in [0.4, 0.5) is 0 Å². The maximum atomic E-state index is 6.11. The van der Waals surface area contributed by atoms with Crippen LogP contribution < -0.4 is 5.73 Å². The number of hydrogen-bond acceptors (Lipinski definition) is 3. The summed E-state index contributed by atoms with van der Waals surface area (Å²) in [5.74, 6) is 0.849. The lowest BCUT2D eigenvalue weighted by Gasteiger charge is -2.11. The van der Waals surface area contributed by atoms with Gasteiger partial charge in [-0.25, -0.2) is 4.98 Å². The van der Waals surface area contributed by atoms with Crippen LogP contribution in [0, 0.1) is 6.92 Å². The molecule has 0 aliphatic heterocycles. The molecule has 2 aromatic rings. The topological polar surface area (TPSA) is 56.7 Å². The highest BCUT2D eigenvalue weighted by Gasteiger charge is 2.13. The molecule has 0 aromatic carbocycles. The van der Waals surface area contributed by atoms with Crippen molar-refractivity contribution in [3.63, 3.8) is 0 Å². The second-order valence-corrected chi connectivity index (χ2v) is 3.67. The lowest BCUT2D eigenvalue weighted by molar-refractivity contribution is 0.714. The molecule has 0 fully saturated rings. The highest BCUT2D eigenvalue weighted by atomic mass is 15.1. The van der Waals surface area contributed by atoms with Crippen molar-refractivity contribution in [1.82, 2.24) is 14.5 Å². The van der Waals surface area contributed by atoms with Gasteiger partial charge in [-0.1, -0.05) is 6.07 Å². The van der Waals surface area contributed by atoms with Crippen molar-refractivity contribution in [3.8, 4) is 0 Å². The standard InChI is InChI=1S/C11H14N4/c1-8-5-9(7-13-6-8)10(12)11-14-3-4-15(11)2/h3-7,10H,12H2,1-2H3. The van der Waals surface area contributed by atoms with Crippen molar-refractivity contribution in [3.05, 3.63) is 47.8 Å². The van der Waals surface area contributed by atoms with E-state index in [4.69, 9.17) is 5.73 Å². The molecule has 0 aliphatic carbocycles. The van der Waals surface area contributed by atoms with E-state index in [2.05, 4.69) is 9.97 Å². The Morgan fingerprint density at radius 2 is 2.20 bits per heavy atom. The van der Waals surface area contributed by atoms with Crippen LogP contribution in [0.5, 0.6) is 0 Å². The largest absolute Gasteiger partial charge is 0.336 e. The predicted octanol–water partition coefficient (Wildman–Crippen LogP) is 1.17. The average Bonchev–Trinajstić information content (AvgIpc) is 2.63. The molecular weight excluding hydrogens is 188 g/mol. The molecule has 2 heterocycles. The van der Waals surface area contributed by atoms with E-state index in [1.54, 1.807) is 12.4 Å². The molecule has 78 valence electrons. The summed E-state index contributed by atoms with van der Waals surface area (Å²) in [6.07, 6.45) is 7.23. The molecule has 4 heteroatoms. The van der Waals surface area contributed by atoms with E-state index in [1.807, 2.05) is 37.0 Å². The number of nitrogens with two attached hydrogens (primary N) is 1. The van der Waals surface area contributed by atoms with Crippen molar-refractivity contribution >= 4 is 0 Å². The van der Waals surface area contributed by atoms with E-state index >= 15 is 0 Å². The molecule has 0 saturated heterocycles. The smallest absolute Gasteiger partial charge is 0.130 e. The van der Waals surface area contributed by atoms with Crippen LogP contribution in [0.15, 0.2) is 30.9 Å². The van der Waals surface area contributed by atoms with Crippen molar-refractivity contribution in [2.45, 2.75) is 13.0 Å². The molecule has 0 saturated carbocycles. The normalized spacial score (nSPS) is 12.7. The Hall–Kier alpha value is -1.68. The van der Waals surface area contributed by atoms with E-state index in [9.17, 15) is 0 Å². The monoisotopic (exact) mass is 202 g/mol. The zero-order chi connectivity index (χ0) is 10.8. The van der Waals surface area contributed by atoms with E-state index in [-0.39, 0.29) is 6.04 Å².